The van der Waals surface area contributed by atoms with E-state index < -0.39 is 5.97 Å². The van der Waals surface area contributed by atoms with Gasteiger partial charge in [0.25, 0.3) is 5.91 Å². The molecule has 3 heterocycles. The minimum Gasteiger partial charge on any atom is -0.486 e. The summed E-state index contributed by atoms with van der Waals surface area (Å²) in [5.74, 6) is 0.854. The molecule has 2 bridgehead atoms. The summed E-state index contributed by atoms with van der Waals surface area (Å²) < 4.78 is 11.2. The number of carbonyl (C=O) groups is 2. The van der Waals surface area contributed by atoms with E-state index in [2.05, 4.69) is 4.90 Å². The first-order valence-corrected chi connectivity index (χ1v) is 10.2. The van der Waals surface area contributed by atoms with Gasteiger partial charge >= 0.3 is 5.97 Å². The topological polar surface area (TPSA) is 76.1 Å². The lowest BCUT2D eigenvalue weighted by molar-refractivity contribution is 0.0569. The number of benzene rings is 2. The summed E-state index contributed by atoms with van der Waals surface area (Å²) >= 11 is 0. The zero-order valence-corrected chi connectivity index (χ0v) is 16.0. The van der Waals surface area contributed by atoms with E-state index in [0.717, 1.165) is 25.7 Å². The Hall–Kier alpha value is -3.02. The van der Waals surface area contributed by atoms with Crippen molar-refractivity contribution in [2.75, 3.05) is 13.2 Å². The maximum atomic E-state index is 13.3. The SMILES string of the molecule is O=C(O)c1ccc(C2CC3CCC(C2)N3C(=O)c2ccc3c(c2)OCCO3)cc1. The second-order valence-electron chi connectivity index (χ2n) is 8.05. The van der Waals surface area contributed by atoms with Crippen LogP contribution in [0.1, 0.15) is 57.9 Å². The lowest BCUT2D eigenvalue weighted by Gasteiger charge is -2.39. The molecule has 1 amide bonds. The van der Waals surface area contributed by atoms with E-state index >= 15 is 0 Å². The fourth-order valence-electron chi connectivity index (χ4n) is 5.00. The third-order valence-corrected chi connectivity index (χ3v) is 6.39. The van der Waals surface area contributed by atoms with E-state index in [1.807, 2.05) is 24.3 Å². The highest BCUT2D eigenvalue weighted by atomic mass is 16.6. The van der Waals surface area contributed by atoms with Crippen molar-refractivity contribution in [1.29, 1.82) is 0 Å². The zero-order chi connectivity index (χ0) is 20.0. The molecule has 1 N–H and O–H groups in total. The van der Waals surface area contributed by atoms with Crippen LogP contribution < -0.4 is 9.47 Å². The smallest absolute Gasteiger partial charge is 0.335 e. The van der Waals surface area contributed by atoms with Crippen molar-refractivity contribution in [3.8, 4) is 11.5 Å². The van der Waals surface area contributed by atoms with E-state index in [-0.39, 0.29) is 18.0 Å². The fraction of sp³-hybridized carbons (Fsp3) is 0.391. The Morgan fingerprint density at radius 3 is 2.14 bits per heavy atom. The number of amides is 1. The summed E-state index contributed by atoms with van der Waals surface area (Å²) in [5.41, 5.74) is 2.12. The third-order valence-electron chi connectivity index (χ3n) is 6.39. The molecule has 5 rings (SSSR count). The number of ether oxygens (including phenoxy) is 2. The van der Waals surface area contributed by atoms with Gasteiger partial charge in [-0.15, -0.1) is 0 Å². The highest BCUT2D eigenvalue weighted by molar-refractivity contribution is 5.95. The highest BCUT2D eigenvalue weighted by Gasteiger charge is 2.43. The molecule has 0 aliphatic carbocycles. The Labute approximate surface area is 169 Å². The van der Waals surface area contributed by atoms with Gasteiger partial charge in [0.1, 0.15) is 13.2 Å². The van der Waals surface area contributed by atoms with Crippen LogP contribution >= 0.6 is 0 Å². The van der Waals surface area contributed by atoms with Crippen molar-refractivity contribution in [3.05, 3.63) is 59.2 Å². The Morgan fingerprint density at radius 2 is 1.48 bits per heavy atom. The van der Waals surface area contributed by atoms with Crippen LogP contribution in [0.15, 0.2) is 42.5 Å². The zero-order valence-electron chi connectivity index (χ0n) is 16.0. The third kappa shape index (κ3) is 3.22. The largest absolute Gasteiger partial charge is 0.486 e. The van der Waals surface area contributed by atoms with Crippen molar-refractivity contribution in [1.82, 2.24) is 4.90 Å². The maximum absolute atomic E-state index is 13.3. The lowest BCUT2D eigenvalue weighted by Crippen LogP contribution is -2.46. The van der Waals surface area contributed by atoms with Gasteiger partial charge in [0.15, 0.2) is 11.5 Å². The molecule has 29 heavy (non-hydrogen) atoms. The highest BCUT2D eigenvalue weighted by Crippen LogP contribution is 2.44. The number of carboxylic acids is 1. The quantitative estimate of drug-likeness (QED) is 0.860. The van der Waals surface area contributed by atoms with Crippen LogP contribution in [0.2, 0.25) is 0 Å². The molecular weight excluding hydrogens is 370 g/mol. The Bertz CT molecular complexity index is 940. The van der Waals surface area contributed by atoms with Gasteiger partial charge in [-0.3, -0.25) is 4.79 Å². The average Bonchev–Trinajstić information content (AvgIpc) is 3.02. The second kappa shape index (κ2) is 7.10. The number of carbonyl (C=O) groups excluding carboxylic acids is 1. The predicted molar refractivity (Wildman–Crippen MR) is 106 cm³/mol. The van der Waals surface area contributed by atoms with Gasteiger partial charge in [-0.25, -0.2) is 4.79 Å². The number of hydrogen-bond acceptors (Lipinski definition) is 4. The monoisotopic (exact) mass is 393 g/mol. The van der Waals surface area contributed by atoms with E-state index in [9.17, 15) is 9.59 Å². The van der Waals surface area contributed by atoms with Gasteiger partial charge in [-0.05, 0) is 67.5 Å². The first kappa shape index (κ1) is 18.0. The molecule has 6 heteroatoms. The van der Waals surface area contributed by atoms with Gasteiger partial charge in [0.05, 0.1) is 5.56 Å². The molecule has 2 aromatic carbocycles. The molecule has 0 radical (unpaired) electrons. The molecule has 150 valence electrons. The lowest BCUT2D eigenvalue weighted by atomic mass is 9.84. The molecule has 2 aromatic rings. The van der Waals surface area contributed by atoms with Gasteiger partial charge in [0, 0.05) is 17.6 Å². The number of carboxylic acid groups (broad SMARTS) is 1. The molecule has 0 aromatic heterocycles. The van der Waals surface area contributed by atoms with Crippen molar-refractivity contribution in [2.24, 2.45) is 0 Å². The standard InChI is InChI=1S/C23H23NO5/c25-22(16-5-8-20-21(13-16)29-10-9-28-20)24-18-6-7-19(24)12-17(11-18)14-1-3-15(4-2-14)23(26)27/h1-5,8,13,17-19H,6-7,9-12H2,(H,26,27). The summed E-state index contributed by atoms with van der Waals surface area (Å²) in [6, 6.07) is 13.1. The number of piperidine rings is 1. The Kier molecular flexibility index (Phi) is 4.42. The van der Waals surface area contributed by atoms with Gasteiger partial charge < -0.3 is 19.5 Å². The summed E-state index contributed by atoms with van der Waals surface area (Å²) in [6.45, 7) is 1.04. The normalized spacial score (nSPS) is 25.0. The molecule has 3 aliphatic heterocycles. The fourth-order valence-corrected chi connectivity index (χ4v) is 5.00. The minimum atomic E-state index is -0.906. The minimum absolute atomic E-state index is 0.0640. The van der Waals surface area contributed by atoms with Crippen LogP contribution in [-0.4, -0.2) is 47.2 Å². The Morgan fingerprint density at radius 1 is 0.862 bits per heavy atom. The van der Waals surface area contributed by atoms with Crippen molar-refractivity contribution < 1.29 is 24.2 Å². The van der Waals surface area contributed by atoms with Crippen molar-refractivity contribution in [2.45, 2.75) is 43.7 Å². The molecule has 6 nitrogen and oxygen atoms in total. The number of nitrogens with zero attached hydrogens (tertiary/aromatic N) is 1. The summed E-state index contributed by atoms with van der Waals surface area (Å²) in [7, 11) is 0. The maximum Gasteiger partial charge on any atom is 0.335 e. The summed E-state index contributed by atoms with van der Waals surface area (Å²) in [4.78, 5) is 26.4. The molecule has 3 aliphatic rings. The Balaban J connectivity index is 1.34. The van der Waals surface area contributed by atoms with E-state index in [4.69, 9.17) is 14.6 Å². The molecule has 0 spiro atoms. The molecule has 2 saturated heterocycles. The molecule has 2 atom stereocenters. The number of fused-ring (bicyclic) bond motifs is 3. The van der Waals surface area contributed by atoms with Crippen molar-refractivity contribution in [3.63, 3.8) is 0 Å². The number of hydrogen-bond donors (Lipinski definition) is 1. The number of rotatable bonds is 3. The van der Waals surface area contributed by atoms with Crippen LogP contribution in [0.3, 0.4) is 0 Å². The first-order valence-electron chi connectivity index (χ1n) is 10.2. The molecule has 2 unspecified atom stereocenters. The van der Waals surface area contributed by atoms with Crippen molar-refractivity contribution >= 4 is 11.9 Å². The predicted octanol–water partition coefficient (Wildman–Crippen LogP) is 3.71. The van der Waals surface area contributed by atoms with E-state index in [1.165, 1.54) is 5.56 Å². The van der Waals surface area contributed by atoms with Crippen LogP contribution in [0.4, 0.5) is 0 Å². The van der Waals surface area contributed by atoms with E-state index in [0.29, 0.717) is 41.8 Å². The van der Waals surface area contributed by atoms with Crippen LogP contribution in [0.25, 0.3) is 0 Å². The van der Waals surface area contributed by atoms with Gasteiger partial charge in [-0.1, -0.05) is 12.1 Å². The second-order valence-corrected chi connectivity index (χ2v) is 8.05. The van der Waals surface area contributed by atoms with Gasteiger partial charge in [0.2, 0.25) is 0 Å². The van der Waals surface area contributed by atoms with E-state index in [1.54, 1.807) is 18.2 Å². The first-order chi connectivity index (χ1) is 14.1. The molecule has 2 fully saturated rings. The number of aromatic carboxylic acids is 1. The van der Waals surface area contributed by atoms with Crippen LogP contribution in [-0.2, 0) is 0 Å². The van der Waals surface area contributed by atoms with Crippen LogP contribution in [0.5, 0.6) is 11.5 Å². The summed E-state index contributed by atoms with van der Waals surface area (Å²) in [6.07, 6.45) is 3.87. The molecular formula is C23H23NO5. The average molecular weight is 393 g/mol. The van der Waals surface area contributed by atoms with Crippen LogP contribution in [0, 0.1) is 0 Å². The van der Waals surface area contributed by atoms with Gasteiger partial charge in [-0.2, -0.15) is 0 Å². The summed E-state index contributed by atoms with van der Waals surface area (Å²) in [5, 5.41) is 9.10. The molecule has 0 saturated carbocycles.